The molecule has 0 spiro atoms. The molecule has 1 unspecified atom stereocenters. The van der Waals surface area contributed by atoms with E-state index >= 15 is 0 Å². The van der Waals surface area contributed by atoms with Crippen LogP contribution >= 0.6 is 0 Å². The number of urea groups is 1. The van der Waals surface area contributed by atoms with E-state index in [1.165, 1.54) is 6.42 Å². The monoisotopic (exact) mass is 262 g/mol. The Balaban J connectivity index is 1.93. The molecule has 2 rings (SSSR count). The van der Waals surface area contributed by atoms with Crippen LogP contribution in [0.4, 0.5) is 10.5 Å². The molecule has 0 aromatic carbocycles. The molecule has 2 amide bonds. The summed E-state index contributed by atoms with van der Waals surface area (Å²) in [5, 5.41) is 9.26. The number of aryl methyl sites for hydroxylation is 2. The van der Waals surface area contributed by atoms with Crippen LogP contribution in [0.2, 0.25) is 0 Å². The molecule has 3 N–H and O–H groups in total. The van der Waals surface area contributed by atoms with Crippen LogP contribution in [0.3, 0.4) is 0 Å². The summed E-state index contributed by atoms with van der Waals surface area (Å²) in [6.07, 6.45) is 5.12. The molecule has 1 fully saturated rings. The number of rotatable bonds is 2. The number of carbonyl (C=O) groups excluding carboxylic acids is 1. The summed E-state index contributed by atoms with van der Waals surface area (Å²) >= 11 is 0. The van der Waals surface area contributed by atoms with Crippen molar-refractivity contribution in [2.45, 2.75) is 39.2 Å². The first kappa shape index (κ1) is 13.8. The quantitative estimate of drug-likeness (QED) is 0.763. The lowest BCUT2D eigenvalue weighted by atomic mass is 10.1. The summed E-state index contributed by atoms with van der Waals surface area (Å²) in [6, 6.07) is 1.96. The normalized spacial score (nSPS) is 19.6. The highest BCUT2D eigenvalue weighted by atomic mass is 16.2. The predicted octanol–water partition coefficient (Wildman–Crippen LogP) is 1.96. The van der Waals surface area contributed by atoms with Gasteiger partial charge >= 0.3 is 6.03 Å². The lowest BCUT2D eigenvalue weighted by Gasteiger charge is -2.18. The average Bonchev–Trinajstić information content (AvgIpc) is 2.63. The number of hydrogen-bond donors (Lipinski definition) is 3. The van der Waals surface area contributed by atoms with Gasteiger partial charge in [-0.05, 0) is 44.9 Å². The first-order chi connectivity index (χ1) is 9.16. The smallest absolute Gasteiger partial charge is 0.319 e. The number of nitrogens with one attached hydrogen (secondary N) is 3. The molecule has 1 aromatic heterocycles. The SMILES string of the molecule is Cc1ccnc(C)c1NC(=O)NC1CCCCNC1. The number of hydrogen-bond acceptors (Lipinski definition) is 3. The van der Waals surface area contributed by atoms with Crippen molar-refractivity contribution in [3.63, 3.8) is 0 Å². The van der Waals surface area contributed by atoms with Crippen molar-refractivity contribution >= 4 is 11.7 Å². The summed E-state index contributed by atoms with van der Waals surface area (Å²) in [6.45, 7) is 5.76. The van der Waals surface area contributed by atoms with E-state index in [1.807, 2.05) is 19.9 Å². The lowest BCUT2D eigenvalue weighted by molar-refractivity contribution is 0.247. The summed E-state index contributed by atoms with van der Waals surface area (Å²) < 4.78 is 0. The number of nitrogens with zero attached hydrogens (tertiary/aromatic N) is 1. The maximum atomic E-state index is 12.0. The first-order valence-corrected chi connectivity index (χ1v) is 6.87. The van der Waals surface area contributed by atoms with E-state index in [1.54, 1.807) is 6.20 Å². The maximum absolute atomic E-state index is 12.0. The Morgan fingerprint density at radius 1 is 1.42 bits per heavy atom. The minimum Gasteiger partial charge on any atom is -0.334 e. The molecule has 1 saturated heterocycles. The second kappa shape index (κ2) is 6.52. The zero-order chi connectivity index (χ0) is 13.7. The van der Waals surface area contributed by atoms with Crippen molar-refractivity contribution in [2.75, 3.05) is 18.4 Å². The van der Waals surface area contributed by atoms with Gasteiger partial charge in [0.05, 0.1) is 11.4 Å². The second-order valence-corrected chi connectivity index (χ2v) is 5.08. The van der Waals surface area contributed by atoms with Gasteiger partial charge in [-0.25, -0.2) is 4.79 Å². The van der Waals surface area contributed by atoms with Crippen molar-refractivity contribution in [1.29, 1.82) is 0 Å². The Labute approximate surface area is 114 Å². The fraction of sp³-hybridized carbons (Fsp3) is 0.571. The largest absolute Gasteiger partial charge is 0.334 e. The van der Waals surface area contributed by atoms with Crippen molar-refractivity contribution < 1.29 is 4.79 Å². The highest BCUT2D eigenvalue weighted by molar-refractivity contribution is 5.90. The van der Waals surface area contributed by atoms with Gasteiger partial charge < -0.3 is 16.0 Å². The fourth-order valence-corrected chi connectivity index (χ4v) is 2.36. The zero-order valence-electron chi connectivity index (χ0n) is 11.6. The van der Waals surface area contributed by atoms with Crippen molar-refractivity contribution in [3.8, 4) is 0 Å². The molecule has 0 bridgehead atoms. The molecule has 2 heterocycles. The van der Waals surface area contributed by atoms with Crippen LogP contribution in [-0.2, 0) is 0 Å². The molecule has 1 aliphatic rings. The van der Waals surface area contributed by atoms with Crippen LogP contribution in [-0.4, -0.2) is 30.1 Å². The predicted molar refractivity (Wildman–Crippen MR) is 76.4 cm³/mol. The Kier molecular flexibility index (Phi) is 4.74. The molecule has 19 heavy (non-hydrogen) atoms. The third-order valence-corrected chi connectivity index (χ3v) is 3.47. The molecular formula is C14H22N4O. The van der Waals surface area contributed by atoms with E-state index in [4.69, 9.17) is 0 Å². The van der Waals surface area contributed by atoms with Crippen LogP contribution in [0.25, 0.3) is 0 Å². The second-order valence-electron chi connectivity index (χ2n) is 5.08. The van der Waals surface area contributed by atoms with Crippen molar-refractivity contribution in [1.82, 2.24) is 15.6 Å². The molecule has 1 aliphatic heterocycles. The summed E-state index contributed by atoms with van der Waals surface area (Å²) in [7, 11) is 0. The van der Waals surface area contributed by atoms with E-state index in [0.29, 0.717) is 0 Å². The number of aromatic nitrogens is 1. The van der Waals surface area contributed by atoms with E-state index in [2.05, 4.69) is 20.9 Å². The Hall–Kier alpha value is -1.62. The van der Waals surface area contributed by atoms with Crippen LogP contribution in [0, 0.1) is 13.8 Å². The minimum atomic E-state index is -0.145. The fourth-order valence-electron chi connectivity index (χ4n) is 2.36. The van der Waals surface area contributed by atoms with Gasteiger partial charge in [-0.15, -0.1) is 0 Å². The minimum absolute atomic E-state index is 0.145. The van der Waals surface area contributed by atoms with E-state index in [-0.39, 0.29) is 12.1 Å². The highest BCUT2D eigenvalue weighted by Crippen LogP contribution is 2.17. The number of amides is 2. The molecule has 0 aliphatic carbocycles. The zero-order valence-corrected chi connectivity index (χ0v) is 11.6. The molecule has 1 atom stereocenters. The third-order valence-electron chi connectivity index (χ3n) is 3.47. The molecule has 5 heteroatoms. The molecule has 1 aromatic rings. The van der Waals surface area contributed by atoms with E-state index < -0.39 is 0 Å². The highest BCUT2D eigenvalue weighted by Gasteiger charge is 2.15. The van der Waals surface area contributed by atoms with Crippen LogP contribution in [0.15, 0.2) is 12.3 Å². The first-order valence-electron chi connectivity index (χ1n) is 6.87. The third kappa shape index (κ3) is 3.92. The van der Waals surface area contributed by atoms with Crippen LogP contribution in [0.5, 0.6) is 0 Å². The molecule has 0 radical (unpaired) electrons. The summed E-state index contributed by atoms with van der Waals surface area (Å²) in [5.74, 6) is 0. The van der Waals surface area contributed by atoms with Gasteiger partial charge in [0.2, 0.25) is 0 Å². The number of carbonyl (C=O) groups is 1. The van der Waals surface area contributed by atoms with Gasteiger partial charge in [-0.2, -0.15) is 0 Å². The van der Waals surface area contributed by atoms with Gasteiger partial charge in [0, 0.05) is 18.8 Å². The molecule has 5 nitrogen and oxygen atoms in total. The van der Waals surface area contributed by atoms with E-state index in [0.717, 1.165) is 42.9 Å². The van der Waals surface area contributed by atoms with Gasteiger partial charge in [0.15, 0.2) is 0 Å². The number of anilines is 1. The number of pyridine rings is 1. The molecule has 104 valence electrons. The maximum Gasteiger partial charge on any atom is 0.319 e. The van der Waals surface area contributed by atoms with Gasteiger partial charge in [0.1, 0.15) is 0 Å². The van der Waals surface area contributed by atoms with Crippen molar-refractivity contribution in [2.24, 2.45) is 0 Å². The van der Waals surface area contributed by atoms with E-state index in [9.17, 15) is 4.79 Å². The van der Waals surface area contributed by atoms with Gasteiger partial charge in [-0.1, -0.05) is 6.42 Å². The Morgan fingerprint density at radius 3 is 3.05 bits per heavy atom. The topological polar surface area (TPSA) is 66.0 Å². The lowest BCUT2D eigenvalue weighted by Crippen LogP contribution is -2.43. The standard InChI is InChI=1S/C14H22N4O/c1-10-6-8-16-11(2)13(10)18-14(19)17-12-5-3-4-7-15-9-12/h6,8,12,15H,3-5,7,9H2,1-2H3,(H2,17,18,19). The van der Waals surface area contributed by atoms with Crippen molar-refractivity contribution in [3.05, 3.63) is 23.5 Å². The van der Waals surface area contributed by atoms with Crippen LogP contribution in [0.1, 0.15) is 30.5 Å². The van der Waals surface area contributed by atoms with Gasteiger partial charge in [0.25, 0.3) is 0 Å². The summed E-state index contributed by atoms with van der Waals surface area (Å²) in [4.78, 5) is 16.2. The molecular weight excluding hydrogens is 240 g/mol. The van der Waals surface area contributed by atoms with Crippen LogP contribution < -0.4 is 16.0 Å². The Bertz CT molecular complexity index is 419. The summed E-state index contributed by atoms with van der Waals surface area (Å²) in [5.41, 5.74) is 2.68. The Morgan fingerprint density at radius 2 is 2.26 bits per heavy atom. The average molecular weight is 262 g/mol. The van der Waals surface area contributed by atoms with Gasteiger partial charge in [-0.3, -0.25) is 4.98 Å². The molecule has 0 saturated carbocycles.